The number of carbonyl (C=O) groups is 2. The maximum absolute atomic E-state index is 13.5. The number of ether oxygens (including phenoxy) is 2. The van der Waals surface area contributed by atoms with Gasteiger partial charge in [-0.15, -0.1) is 11.3 Å². The van der Waals surface area contributed by atoms with Crippen molar-refractivity contribution in [3.63, 3.8) is 0 Å². The van der Waals surface area contributed by atoms with Gasteiger partial charge < -0.3 is 19.9 Å². The second-order valence-electron chi connectivity index (χ2n) is 8.96. The first-order valence-electron chi connectivity index (χ1n) is 11.1. The van der Waals surface area contributed by atoms with Crippen LogP contribution < -0.4 is 10.1 Å². The summed E-state index contributed by atoms with van der Waals surface area (Å²) in [4.78, 5) is 27.9. The summed E-state index contributed by atoms with van der Waals surface area (Å²) in [7, 11) is 1.47. The lowest BCUT2D eigenvalue weighted by Crippen LogP contribution is -2.36. The van der Waals surface area contributed by atoms with Crippen molar-refractivity contribution >= 4 is 23.1 Å². The summed E-state index contributed by atoms with van der Waals surface area (Å²) in [5, 5.41) is 15.5. The van der Waals surface area contributed by atoms with Crippen LogP contribution in [-0.2, 0) is 14.3 Å². The molecule has 1 aromatic carbocycles. The fourth-order valence-corrected chi connectivity index (χ4v) is 5.39. The first-order chi connectivity index (χ1) is 15.8. The van der Waals surface area contributed by atoms with Gasteiger partial charge in [-0.2, -0.15) is 0 Å². The van der Waals surface area contributed by atoms with E-state index in [-0.39, 0.29) is 23.4 Å². The third-order valence-corrected chi connectivity index (χ3v) is 7.11. The molecule has 33 heavy (non-hydrogen) atoms. The van der Waals surface area contributed by atoms with Gasteiger partial charge in [0.2, 0.25) is 0 Å². The van der Waals surface area contributed by atoms with E-state index < -0.39 is 11.9 Å². The average molecular weight is 468 g/mol. The number of phenols is 1. The second kappa shape index (κ2) is 9.43. The molecule has 0 saturated carbocycles. The van der Waals surface area contributed by atoms with E-state index in [1.54, 1.807) is 23.5 Å². The van der Waals surface area contributed by atoms with Crippen LogP contribution in [0.2, 0.25) is 0 Å². The maximum Gasteiger partial charge on any atom is 0.336 e. The number of phenolic OH excluding ortho intramolecular Hbond substituents is 1. The summed E-state index contributed by atoms with van der Waals surface area (Å²) >= 11 is 1.66. The van der Waals surface area contributed by atoms with Crippen LogP contribution in [0.1, 0.15) is 55.9 Å². The van der Waals surface area contributed by atoms with Gasteiger partial charge in [-0.1, -0.05) is 26.0 Å². The van der Waals surface area contributed by atoms with Crippen molar-refractivity contribution in [2.75, 3.05) is 13.7 Å². The molecular formula is C26H29NO5S. The molecule has 0 spiro atoms. The number of benzene rings is 1. The Hall–Kier alpha value is -3.06. The number of methoxy groups -OCH3 is 1. The standard InChI is InChI=1S/C26H29NO5S/c1-14(2)13-32-26(30)23-15(3)27-18-10-17(22-6-5-9-33-22)11-20(29)25(18)24(23)16-7-8-19(28)21(12-16)31-4/h5-9,12,14,17,24,27-28H,10-11,13H2,1-4H3/t17-,24+/m1/s1. The van der Waals surface area contributed by atoms with Gasteiger partial charge in [-0.05, 0) is 48.4 Å². The molecule has 2 heterocycles. The predicted octanol–water partition coefficient (Wildman–Crippen LogP) is 5.02. The quantitative estimate of drug-likeness (QED) is 0.580. The van der Waals surface area contributed by atoms with E-state index >= 15 is 0 Å². The van der Waals surface area contributed by atoms with Crippen LogP contribution in [0.25, 0.3) is 0 Å². The maximum atomic E-state index is 13.5. The number of carbonyl (C=O) groups excluding carboxylic acids is 2. The number of ketones is 1. The van der Waals surface area contributed by atoms with E-state index in [4.69, 9.17) is 9.47 Å². The highest BCUT2D eigenvalue weighted by Gasteiger charge is 2.41. The average Bonchev–Trinajstić information content (AvgIpc) is 3.32. The molecule has 2 aliphatic rings. The Labute approximate surface area is 197 Å². The molecule has 0 saturated heterocycles. The highest BCUT2D eigenvalue weighted by atomic mass is 32.1. The number of allylic oxidation sites excluding steroid dienone is 3. The minimum Gasteiger partial charge on any atom is -0.504 e. The van der Waals surface area contributed by atoms with Crippen LogP contribution in [0.4, 0.5) is 0 Å². The number of Topliss-reactive ketones (excluding diaryl/α,β-unsaturated/α-hetero) is 1. The number of esters is 1. The number of hydrogen-bond acceptors (Lipinski definition) is 7. The van der Waals surface area contributed by atoms with Gasteiger partial charge in [0.05, 0.1) is 19.3 Å². The zero-order valence-corrected chi connectivity index (χ0v) is 20.1. The SMILES string of the molecule is COc1cc([C@H]2C(C(=O)OCC(C)C)=C(C)NC3=C2C(=O)C[C@H](c2cccs2)C3)ccc1O. The van der Waals surface area contributed by atoms with Crippen LogP contribution >= 0.6 is 11.3 Å². The summed E-state index contributed by atoms with van der Waals surface area (Å²) < 4.78 is 10.9. The van der Waals surface area contributed by atoms with E-state index in [1.165, 1.54) is 18.1 Å². The number of dihydropyridines is 1. The van der Waals surface area contributed by atoms with E-state index in [0.717, 1.165) is 5.70 Å². The van der Waals surface area contributed by atoms with Gasteiger partial charge in [-0.3, -0.25) is 4.79 Å². The lowest BCUT2D eigenvalue weighted by molar-refractivity contribution is -0.140. The fraction of sp³-hybridized carbons (Fsp3) is 0.385. The summed E-state index contributed by atoms with van der Waals surface area (Å²) in [6.07, 6.45) is 1.08. The molecule has 1 aliphatic carbocycles. The highest BCUT2D eigenvalue weighted by Crippen LogP contribution is 2.47. The van der Waals surface area contributed by atoms with Crippen LogP contribution in [0, 0.1) is 5.92 Å². The van der Waals surface area contributed by atoms with Crippen molar-refractivity contribution in [2.24, 2.45) is 5.92 Å². The first kappa shape index (κ1) is 23.1. The Balaban J connectivity index is 1.80. The Kier molecular flexibility index (Phi) is 6.61. The summed E-state index contributed by atoms with van der Waals surface area (Å²) in [6, 6.07) is 9.03. The third-order valence-electron chi connectivity index (χ3n) is 6.08. The third kappa shape index (κ3) is 4.55. The number of rotatable bonds is 6. The minimum absolute atomic E-state index is 0.00162. The molecule has 2 N–H and O–H groups in total. The Bertz CT molecular complexity index is 1130. The molecule has 1 aliphatic heterocycles. The minimum atomic E-state index is -0.591. The predicted molar refractivity (Wildman–Crippen MR) is 127 cm³/mol. The van der Waals surface area contributed by atoms with Gasteiger partial charge in [-0.25, -0.2) is 4.79 Å². The number of nitrogens with one attached hydrogen (secondary N) is 1. The number of thiophene rings is 1. The van der Waals surface area contributed by atoms with E-state index in [0.29, 0.717) is 47.6 Å². The molecule has 0 fully saturated rings. The first-order valence-corrected chi connectivity index (χ1v) is 12.0. The van der Waals surface area contributed by atoms with Crippen LogP contribution in [0.3, 0.4) is 0 Å². The van der Waals surface area contributed by atoms with E-state index in [9.17, 15) is 14.7 Å². The van der Waals surface area contributed by atoms with Crippen molar-refractivity contribution < 1.29 is 24.2 Å². The summed E-state index contributed by atoms with van der Waals surface area (Å²) in [5.74, 6) is -0.419. The van der Waals surface area contributed by atoms with Gasteiger partial charge in [0, 0.05) is 40.1 Å². The smallest absolute Gasteiger partial charge is 0.336 e. The monoisotopic (exact) mass is 467 g/mol. The van der Waals surface area contributed by atoms with Crippen molar-refractivity contribution in [1.29, 1.82) is 0 Å². The van der Waals surface area contributed by atoms with E-state index in [2.05, 4.69) is 11.4 Å². The van der Waals surface area contributed by atoms with E-state index in [1.807, 2.05) is 32.2 Å². The molecule has 1 aromatic heterocycles. The molecule has 0 amide bonds. The Morgan fingerprint density at radius 3 is 2.73 bits per heavy atom. The van der Waals surface area contributed by atoms with Crippen molar-refractivity contribution in [1.82, 2.24) is 5.32 Å². The van der Waals surface area contributed by atoms with Crippen LogP contribution in [0.15, 0.2) is 58.3 Å². The zero-order valence-electron chi connectivity index (χ0n) is 19.3. The summed E-state index contributed by atoms with van der Waals surface area (Å²) in [6.45, 7) is 6.10. The molecule has 174 valence electrons. The lowest BCUT2D eigenvalue weighted by Gasteiger charge is -2.36. The van der Waals surface area contributed by atoms with Crippen molar-refractivity contribution in [3.05, 3.63) is 68.7 Å². The molecule has 6 nitrogen and oxygen atoms in total. The Morgan fingerprint density at radius 1 is 1.27 bits per heavy atom. The van der Waals surface area contributed by atoms with Crippen LogP contribution in [0.5, 0.6) is 11.5 Å². The van der Waals surface area contributed by atoms with Crippen molar-refractivity contribution in [2.45, 2.75) is 45.4 Å². The number of hydrogen-bond donors (Lipinski definition) is 2. The largest absolute Gasteiger partial charge is 0.504 e. The lowest BCUT2D eigenvalue weighted by atomic mass is 9.72. The normalized spacial score (nSPS) is 20.6. The van der Waals surface area contributed by atoms with Gasteiger partial charge in [0.25, 0.3) is 0 Å². The second-order valence-corrected chi connectivity index (χ2v) is 9.94. The molecule has 0 bridgehead atoms. The van der Waals surface area contributed by atoms with Gasteiger partial charge in [0.15, 0.2) is 17.3 Å². The zero-order chi connectivity index (χ0) is 23.7. The molecule has 4 rings (SSSR count). The molecule has 2 aromatic rings. The molecule has 0 radical (unpaired) electrons. The number of aromatic hydroxyl groups is 1. The highest BCUT2D eigenvalue weighted by molar-refractivity contribution is 7.10. The summed E-state index contributed by atoms with van der Waals surface area (Å²) in [5.41, 5.74) is 3.25. The molecule has 7 heteroatoms. The van der Waals surface area contributed by atoms with Gasteiger partial charge >= 0.3 is 5.97 Å². The molecular weight excluding hydrogens is 438 g/mol. The topological polar surface area (TPSA) is 84.9 Å². The van der Waals surface area contributed by atoms with Crippen molar-refractivity contribution in [3.8, 4) is 11.5 Å². The van der Waals surface area contributed by atoms with Gasteiger partial charge in [0.1, 0.15) is 0 Å². The molecule has 2 atom stereocenters. The molecule has 0 unspecified atom stereocenters. The fourth-order valence-electron chi connectivity index (χ4n) is 4.56. The Morgan fingerprint density at radius 2 is 2.06 bits per heavy atom. The van der Waals surface area contributed by atoms with Crippen LogP contribution in [-0.4, -0.2) is 30.6 Å².